The third-order valence-corrected chi connectivity index (χ3v) is 4.34. The lowest BCUT2D eigenvalue weighted by molar-refractivity contribution is 0.0664. The second-order valence-electron chi connectivity index (χ2n) is 4.91. The molecule has 1 heterocycles. The summed E-state index contributed by atoms with van der Waals surface area (Å²) in [5.74, 6) is 0.509. The molecule has 1 fully saturated rings. The largest absolute Gasteiger partial charge is 0.338 e. The van der Waals surface area contributed by atoms with Crippen LogP contribution in [0.3, 0.4) is 0 Å². The molecule has 0 radical (unpaired) electrons. The molecule has 2 unspecified atom stereocenters. The van der Waals surface area contributed by atoms with Crippen LogP contribution in [0.1, 0.15) is 23.7 Å². The summed E-state index contributed by atoms with van der Waals surface area (Å²) in [6.45, 7) is 3.65. The van der Waals surface area contributed by atoms with E-state index < -0.39 is 0 Å². The lowest BCUT2D eigenvalue weighted by Gasteiger charge is -2.35. The number of nitrogens with zero attached hydrogens (tertiary/aromatic N) is 1. The molecule has 2 rings (SSSR count). The molecule has 0 aromatic heterocycles. The first-order valence-electron chi connectivity index (χ1n) is 6.30. The molecule has 1 amide bonds. The van der Waals surface area contributed by atoms with Crippen LogP contribution >= 0.6 is 24.2 Å². The molecule has 5 heteroatoms. The van der Waals surface area contributed by atoms with Crippen LogP contribution < -0.4 is 5.73 Å². The molecule has 0 saturated carbocycles. The number of rotatable bonds is 2. The Morgan fingerprint density at radius 1 is 1.37 bits per heavy atom. The number of thioether (sulfide) groups is 1. The van der Waals surface area contributed by atoms with Gasteiger partial charge in [0.15, 0.2) is 0 Å². The van der Waals surface area contributed by atoms with Gasteiger partial charge < -0.3 is 10.6 Å². The Balaban J connectivity index is 0.00000180. The van der Waals surface area contributed by atoms with E-state index in [1.165, 1.54) is 4.90 Å². The van der Waals surface area contributed by atoms with E-state index >= 15 is 0 Å². The Labute approximate surface area is 125 Å². The topological polar surface area (TPSA) is 46.3 Å². The SMILES string of the molecule is CSc1ccc(C(=O)N2CCC(N)C(C)C2)cc1.Cl. The van der Waals surface area contributed by atoms with Crippen LogP contribution in [-0.4, -0.2) is 36.2 Å². The average molecular weight is 301 g/mol. The first kappa shape index (κ1) is 16.3. The molecule has 3 nitrogen and oxygen atoms in total. The molecule has 1 aliphatic rings. The lowest BCUT2D eigenvalue weighted by atomic mass is 9.94. The number of likely N-dealkylation sites (tertiary alicyclic amines) is 1. The van der Waals surface area contributed by atoms with Crippen LogP contribution in [0.5, 0.6) is 0 Å². The maximum atomic E-state index is 12.3. The zero-order valence-corrected chi connectivity index (χ0v) is 13.0. The van der Waals surface area contributed by atoms with Gasteiger partial charge in [0.2, 0.25) is 0 Å². The van der Waals surface area contributed by atoms with E-state index in [0.717, 1.165) is 25.1 Å². The van der Waals surface area contributed by atoms with Gasteiger partial charge >= 0.3 is 0 Å². The van der Waals surface area contributed by atoms with Crippen molar-refractivity contribution in [2.24, 2.45) is 11.7 Å². The Morgan fingerprint density at radius 3 is 2.53 bits per heavy atom. The summed E-state index contributed by atoms with van der Waals surface area (Å²) in [6.07, 6.45) is 2.93. The highest BCUT2D eigenvalue weighted by Gasteiger charge is 2.26. The fraction of sp³-hybridized carbons (Fsp3) is 0.500. The highest BCUT2D eigenvalue weighted by atomic mass is 35.5. The van der Waals surface area contributed by atoms with Crippen molar-refractivity contribution in [3.05, 3.63) is 29.8 Å². The molecular formula is C14H21ClN2OS. The van der Waals surface area contributed by atoms with Crippen LogP contribution in [-0.2, 0) is 0 Å². The number of benzene rings is 1. The van der Waals surface area contributed by atoms with E-state index in [1.54, 1.807) is 11.8 Å². The fourth-order valence-electron chi connectivity index (χ4n) is 2.26. The van der Waals surface area contributed by atoms with Gasteiger partial charge in [0, 0.05) is 29.6 Å². The van der Waals surface area contributed by atoms with Gasteiger partial charge in [-0.25, -0.2) is 0 Å². The minimum absolute atomic E-state index is 0. The van der Waals surface area contributed by atoms with Crippen molar-refractivity contribution in [1.29, 1.82) is 0 Å². The molecule has 1 aromatic rings. The normalized spacial score (nSPS) is 22.8. The first-order valence-corrected chi connectivity index (χ1v) is 7.53. The van der Waals surface area contributed by atoms with Gasteiger partial charge in [0.25, 0.3) is 5.91 Å². The first-order chi connectivity index (χ1) is 8.61. The van der Waals surface area contributed by atoms with Crippen LogP contribution in [0.15, 0.2) is 29.2 Å². The highest BCUT2D eigenvalue weighted by Crippen LogP contribution is 2.19. The molecule has 0 spiro atoms. The Bertz CT molecular complexity index is 424. The van der Waals surface area contributed by atoms with Gasteiger partial charge in [-0.05, 0) is 42.9 Å². The zero-order valence-electron chi connectivity index (χ0n) is 11.3. The van der Waals surface area contributed by atoms with Crippen molar-refractivity contribution < 1.29 is 4.79 Å². The van der Waals surface area contributed by atoms with Gasteiger partial charge in [0.1, 0.15) is 0 Å². The van der Waals surface area contributed by atoms with E-state index in [2.05, 4.69) is 6.92 Å². The molecule has 1 aromatic carbocycles. The smallest absolute Gasteiger partial charge is 0.253 e. The van der Waals surface area contributed by atoms with E-state index in [0.29, 0.717) is 5.92 Å². The summed E-state index contributed by atoms with van der Waals surface area (Å²) in [6, 6.07) is 8.04. The Morgan fingerprint density at radius 2 is 2.00 bits per heavy atom. The summed E-state index contributed by atoms with van der Waals surface area (Å²) in [5.41, 5.74) is 6.75. The maximum absolute atomic E-state index is 12.3. The maximum Gasteiger partial charge on any atom is 0.253 e. The number of nitrogens with two attached hydrogens (primary N) is 1. The average Bonchev–Trinajstić information content (AvgIpc) is 2.41. The van der Waals surface area contributed by atoms with Crippen LogP contribution in [0.2, 0.25) is 0 Å². The Hall–Kier alpha value is -0.710. The summed E-state index contributed by atoms with van der Waals surface area (Å²) in [7, 11) is 0. The standard InChI is InChI=1S/C14H20N2OS.ClH/c1-10-9-16(8-7-13(10)15)14(17)11-3-5-12(18-2)6-4-11;/h3-6,10,13H,7-9,15H2,1-2H3;1H. The van der Waals surface area contributed by atoms with Gasteiger partial charge in [-0.3, -0.25) is 4.79 Å². The van der Waals surface area contributed by atoms with E-state index in [-0.39, 0.29) is 24.4 Å². The van der Waals surface area contributed by atoms with Crippen LogP contribution in [0.25, 0.3) is 0 Å². The summed E-state index contributed by atoms with van der Waals surface area (Å²) >= 11 is 1.68. The second-order valence-corrected chi connectivity index (χ2v) is 5.79. The molecule has 2 N–H and O–H groups in total. The van der Waals surface area contributed by atoms with E-state index in [4.69, 9.17) is 5.73 Å². The van der Waals surface area contributed by atoms with Crippen molar-refractivity contribution in [3.8, 4) is 0 Å². The van der Waals surface area contributed by atoms with Crippen molar-refractivity contribution in [2.45, 2.75) is 24.3 Å². The molecule has 1 aliphatic heterocycles. The lowest BCUT2D eigenvalue weighted by Crippen LogP contribution is -2.48. The molecule has 0 bridgehead atoms. The van der Waals surface area contributed by atoms with Crippen LogP contribution in [0.4, 0.5) is 0 Å². The van der Waals surface area contributed by atoms with Gasteiger partial charge in [-0.1, -0.05) is 6.92 Å². The number of carbonyl (C=O) groups is 1. The number of piperidine rings is 1. The molecule has 106 valence electrons. The quantitative estimate of drug-likeness (QED) is 0.854. The fourth-order valence-corrected chi connectivity index (χ4v) is 2.67. The molecular weight excluding hydrogens is 280 g/mol. The third kappa shape index (κ3) is 3.88. The van der Waals surface area contributed by atoms with Crippen molar-refractivity contribution in [3.63, 3.8) is 0 Å². The summed E-state index contributed by atoms with van der Waals surface area (Å²) in [5, 5.41) is 0. The number of carbonyl (C=O) groups excluding carboxylic acids is 1. The number of hydrogen-bond acceptors (Lipinski definition) is 3. The second kappa shape index (κ2) is 7.17. The van der Waals surface area contributed by atoms with E-state index in [1.807, 2.05) is 35.4 Å². The Kier molecular flexibility index (Phi) is 6.17. The molecule has 0 aliphatic carbocycles. The molecule has 1 saturated heterocycles. The molecule has 2 atom stereocenters. The number of halogens is 1. The van der Waals surface area contributed by atoms with Gasteiger partial charge in [0.05, 0.1) is 0 Å². The van der Waals surface area contributed by atoms with Crippen molar-refractivity contribution >= 4 is 30.1 Å². The summed E-state index contributed by atoms with van der Waals surface area (Å²) in [4.78, 5) is 15.4. The number of hydrogen-bond donors (Lipinski definition) is 1. The third-order valence-electron chi connectivity index (χ3n) is 3.60. The minimum Gasteiger partial charge on any atom is -0.338 e. The zero-order chi connectivity index (χ0) is 13.1. The van der Waals surface area contributed by atoms with Crippen LogP contribution in [0, 0.1) is 5.92 Å². The van der Waals surface area contributed by atoms with Crippen molar-refractivity contribution in [2.75, 3.05) is 19.3 Å². The number of amides is 1. The van der Waals surface area contributed by atoms with Gasteiger partial charge in [-0.2, -0.15) is 0 Å². The predicted molar refractivity (Wildman–Crippen MR) is 83.1 cm³/mol. The van der Waals surface area contributed by atoms with Crippen molar-refractivity contribution in [1.82, 2.24) is 4.90 Å². The van der Waals surface area contributed by atoms with E-state index in [9.17, 15) is 4.79 Å². The molecule has 19 heavy (non-hydrogen) atoms. The van der Waals surface area contributed by atoms with Gasteiger partial charge in [-0.15, -0.1) is 24.2 Å². The summed E-state index contributed by atoms with van der Waals surface area (Å²) < 4.78 is 0. The predicted octanol–water partition coefficient (Wildman–Crippen LogP) is 2.64. The minimum atomic E-state index is 0. The monoisotopic (exact) mass is 300 g/mol. The highest BCUT2D eigenvalue weighted by molar-refractivity contribution is 7.98.